The van der Waals surface area contributed by atoms with Gasteiger partial charge in [-0.15, -0.1) is 0 Å². The molecule has 6 nitrogen and oxygen atoms in total. The SMILES string of the molecule is COc1cccc(C(=O)Nc2ccc(C(=O)N(C)C)cc2)c1OC. The summed E-state index contributed by atoms with van der Waals surface area (Å²) in [6, 6.07) is 11.8. The highest BCUT2D eigenvalue weighted by atomic mass is 16.5. The Morgan fingerprint density at radius 2 is 1.62 bits per heavy atom. The second kappa shape index (κ2) is 7.50. The van der Waals surface area contributed by atoms with Gasteiger partial charge >= 0.3 is 0 Å². The van der Waals surface area contributed by atoms with Crippen LogP contribution in [0, 0.1) is 0 Å². The number of hydrogen-bond acceptors (Lipinski definition) is 4. The van der Waals surface area contributed by atoms with Crippen molar-refractivity contribution in [3.63, 3.8) is 0 Å². The van der Waals surface area contributed by atoms with Crippen molar-refractivity contribution in [3.05, 3.63) is 53.6 Å². The van der Waals surface area contributed by atoms with E-state index in [1.165, 1.54) is 19.1 Å². The number of hydrogen-bond donors (Lipinski definition) is 1. The van der Waals surface area contributed by atoms with E-state index in [-0.39, 0.29) is 11.8 Å². The van der Waals surface area contributed by atoms with Crippen molar-refractivity contribution in [3.8, 4) is 11.5 Å². The Morgan fingerprint density at radius 1 is 0.958 bits per heavy atom. The average Bonchev–Trinajstić information content (AvgIpc) is 2.60. The fourth-order valence-corrected chi connectivity index (χ4v) is 2.22. The van der Waals surface area contributed by atoms with E-state index in [1.54, 1.807) is 56.6 Å². The molecular formula is C18H20N2O4. The summed E-state index contributed by atoms with van der Waals surface area (Å²) < 4.78 is 10.5. The maximum Gasteiger partial charge on any atom is 0.259 e. The van der Waals surface area contributed by atoms with E-state index in [9.17, 15) is 9.59 Å². The number of para-hydroxylation sites is 1. The van der Waals surface area contributed by atoms with Gasteiger partial charge in [-0.25, -0.2) is 0 Å². The number of anilines is 1. The third kappa shape index (κ3) is 3.65. The molecule has 0 spiro atoms. The zero-order valence-electron chi connectivity index (χ0n) is 14.1. The Bertz CT molecular complexity index is 739. The molecule has 0 fully saturated rings. The molecule has 0 aliphatic heterocycles. The highest BCUT2D eigenvalue weighted by Gasteiger charge is 2.16. The molecule has 0 aliphatic rings. The van der Waals surface area contributed by atoms with Crippen LogP contribution in [0.4, 0.5) is 5.69 Å². The smallest absolute Gasteiger partial charge is 0.259 e. The van der Waals surface area contributed by atoms with Crippen LogP contribution < -0.4 is 14.8 Å². The summed E-state index contributed by atoms with van der Waals surface area (Å²) in [5, 5.41) is 2.78. The molecule has 0 aromatic heterocycles. The lowest BCUT2D eigenvalue weighted by molar-refractivity contribution is 0.0827. The Balaban J connectivity index is 2.20. The lowest BCUT2D eigenvalue weighted by atomic mass is 10.1. The van der Waals surface area contributed by atoms with Gasteiger partial charge in [0.1, 0.15) is 0 Å². The second-order valence-electron chi connectivity index (χ2n) is 5.27. The van der Waals surface area contributed by atoms with Crippen LogP contribution in [-0.4, -0.2) is 45.0 Å². The number of carbonyl (C=O) groups excluding carboxylic acids is 2. The third-order valence-corrected chi connectivity index (χ3v) is 3.44. The fraction of sp³-hybridized carbons (Fsp3) is 0.222. The Labute approximate surface area is 141 Å². The topological polar surface area (TPSA) is 67.9 Å². The van der Waals surface area contributed by atoms with Gasteiger partial charge in [0, 0.05) is 25.3 Å². The summed E-state index contributed by atoms with van der Waals surface area (Å²) >= 11 is 0. The minimum Gasteiger partial charge on any atom is -0.493 e. The molecule has 0 atom stereocenters. The lowest BCUT2D eigenvalue weighted by Gasteiger charge is -2.13. The fourth-order valence-electron chi connectivity index (χ4n) is 2.22. The third-order valence-electron chi connectivity index (χ3n) is 3.44. The van der Waals surface area contributed by atoms with Crippen molar-refractivity contribution in [2.75, 3.05) is 33.6 Å². The molecule has 0 bridgehead atoms. The second-order valence-corrected chi connectivity index (χ2v) is 5.27. The molecule has 2 rings (SSSR count). The molecule has 2 aromatic carbocycles. The minimum atomic E-state index is -0.322. The molecule has 0 aliphatic carbocycles. The van der Waals surface area contributed by atoms with E-state index in [1.807, 2.05) is 0 Å². The van der Waals surface area contributed by atoms with Gasteiger partial charge in [-0.1, -0.05) is 6.07 Å². The summed E-state index contributed by atoms with van der Waals surface area (Å²) in [5.41, 5.74) is 1.50. The highest BCUT2D eigenvalue weighted by molar-refractivity contribution is 6.07. The van der Waals surface area contributed by atoms with Gasteiger partial charge in [0.05, 0.1) is 19.8 Å². The molecule has 1 N–H and O–H groups in total. The number of ether oxygens (including phenoxy) is 2. The van der Waals surface area contributed by atoms with Crippen LogP contribution in [0.2, 0.25) is 0 Å². The van der Waals surface area contributed by atoms with E-state index in [4.69, 9.17) is 9.47 Å². The van der Waals surface area contributed by atoms with Crippen molar-refractivity contribution in [1.82, 2.24) is 4.90 Å². The van der Waals surface area contributed by atoms with E-state index >= 15 is 0 Å². The van der Waals surface area contributed by atoms with Crippen molar-refractivity contribution in [1.29, 1.82) is 0 Å². The van der Waals surface area contributed by atoms with Crippen LogP contribution >= 0.6 is 0 Å². The molecule has 0 radical (unpaired) electrons. The molecule has 0 unspecified atom stereocenters. The van der Waals surface area contributed by atoms with Crippen LogP contribution in [-0.2, 0) is 0 Å². The van der Waals surface area contributed by atoms with Gasteiger partial charge in [0.25, 0.3) is 11.8 Å². The lowest BCUT2D eigenvalue weighted by Crippen LogP contribution is -2.21. The Hall–Kier alpha value is -3.02. The van der Waals surface area contributed by atoms with E-state index < -0.39 is 0 Å². The number of amides is 2. The van der Waals surface area contributed by atoms with Crippen molar-refractivity contribution < 1.29 is 19.1 Å². The number of benzene rings is 2. The average molecular weight is 328 g/mol. The number of nitrogens with zero attached hydrogens (tertiary/aromatic N) is 1. The van der Waals surface area contributed by atoms with Crippen molar-refractivity contribution >= 4 is 17.5 Å². The predicted molar refractivity (Wildman–Crippen MR) is 92.0 cm³/mol. The molecule has 24 heavy (non-hydrogen) atoms. The van der Waals surface area contributed by atoms with Crippen LogP contribution in [0.1, 0.15) is 20.7 Å². The van der Waals surface area contributed by atoms with Crippen molar-refractivity contribution in [2.24, 2.45) is 0 Å². The van der Waals surface area contributed by atoms with E-state index in [2.05, 4.69) is 5.32 Å². The molecular weight excluding hydrogens is 308 g/mol. The number of carbonyl (C=O) groups is 2. The number of nitrogens with one attached hydrogen (secondary N) is 1. The summed E-state index contributed by atoms with van der Waals surface area (Å²) in [6.07, 6.45) is 0. The first-order chi connectivity index (χ1) is 11.5. The molecule has 2 amide bonds. The number of methoxy groups -OCH3 is 2. The highest BCUT2D eigenvalue weighted by Crippen LogP contribution is 2.31. The van der Waals surface area contributed by atoms with Gasteiger partial charge in [-0.2, -0.15) is 0 Å². The van der Waals surface area contributed by atoms with E-state index in [0.29, 0.717) is 28.3 Å². The van der Waals surface area contributed by atoms with E-state index in [0.717, 1.165) is 0 Å². The standard InChI is InChI=1S/C18H20N2O4/c1-20(2)18(22)12-8-10-13(11-9-12)19-17(21)14-6-5-7-15(23-3)16(14)24-4/h5-11H,1-4H3,(H,19,21). The van der Waals surface area contributed by atoms with Gasteiger partial charge in [-0.05, 0) is 36.4 Å². The zero-order chi connectivity index (χ0) is 17.7. The minimum absolute atomic E-state index is 0.0951. The summed E-state index contributed by atoms with van der Waals surface area (Å²) in [7, 11) is 6.37. The van der Waals surface area contributed by atoms with Gasteiger partial charge < -0.3 is 19.7 Å². The van der Waals surface area contributed by atoms with Crippen LogP contribution in [0.25, 0.3) is 0 Å². The maximum absolute atomic E-state index is 12.5. The van der Waals surface area contributed by atoms with Crippen molar-refractivity contribution in [2.45, 2.75) is 0 Å². The summed E-state index contributed by atoms with van der Waals surface area (Å²) in [4.78, 5) is 25.8. The monoisotopic (exact) mass is 328 g/mol. The molecule has 0 saturated carbocycles. The Kier molecular flexibility index (Phi) is 5.42. The normalized spacial score (nSPS) is 10.0. The molecule has 6 heteroatoms. The molecule has 0 heterocycles. The molecule has 0 saturated heterocycles. The predicted octanol–water partition coefficient (Wildman–Crippen LogP) is 2.66. The summed E-state index contributed by atoms with van der Waals surface area (Å²) in [5.74, 6) is 0.439. The first kappa shape index (κ1) is 17.3. The van der Waals surface area contributed by atoms with Gasteiger partial charge in [0.15, 0.2) is 11.5 Å². The molecule has 126 valence electrons. The number of rotatable bonds is 5. The summed E-state index contributed by atoms with van der Waals surface area (Å²) in [6.45, 7) is 0. The first-order valence-corrected chi connectivity index (χ1v) is 7.32. The van der Waals surface area contributed by atoms with Crippen LogP contribution in [0.5, 0.6) is 11.5 Å². The quantitative estimate of drug-likeness (QED) is 0.916. The molecule has 2 aromatic rings. The largest absolute Gasteiger partial charge is 0.493 e. The maximum atomic E-state index is 12.5. The Morgan fingerprint density at radius 3 is 2.17 bits per heavy atom. The zero-order valence-corrected chi connectivity index (χ0v) is 14.1. The van der Waals surface area contributed by atoms with Crippen LogP contribution in [0.3, 0.4) is 0 Å². The first-order valence-electron chi connectivity index (χ1n) is 7.32. The van der Waals surface area contributed by atoms with Crippen LogP contribution in [0.15, 0.2) is 42.5 Å². The van der Waals surface area contributed by atoms with Gasteiger partial charge in [0.2, 0.25) is 0 Å². The van der Waals surface area contributed by atoms with Gasteiger partial charge in [-0.3, -0.25) is 9.59 Å².